The van der Waals surface area contributed by atoms with Crippen molar-refractivity contribution in [3.63, 3.8) is 0 Å². The van der Waals surface area contributed by atoms with Gasteiger partial charge in [-0.15, -0.1) is 0 Å². The Morgan fingerprint density at radius 1 is 1.08 bits per heavy atom. The molecule has 0 unspecified atom stereocenters. The maximum atomic E-state index is 12.4. The maximum absolute atomic E-state index is 12.4. The molecular formula is C21H16O5. The molecule has 130 valence electrons. The highest BCUT2D eigenvalue weighted by Gasteiger charge is 2.31. The van der Waals surface area contributed by atoms with E-state index >= 15 is 0 Å². The van der Waals surface area contributed by atoms with Crippen LogP contribution in [-0.4, -0.2) is 11.8 Å². The zero-order valence-corrected chi connectivity index (χ0v) is 14.6. The highest BCUT2D eigenvalue weighted by Crippen LogP contribution is 2.39. The van der Waals surface area contributed by atoms with Gasteiger partial charge in [0.2, 0.25) is 11.5 Å². The highest BCUT2D eigenvalue weighted by atomic mass is 16.5. The van der Waals surface area contributed by atoms with E-state index in [1.807, 2.05) is 32.0 Å². The molecule has 1 aromatic heterocycles. The highest BCUT2D eigenvalue weighted by molar-refractivity contribution is 6.13. The van der Waals surface area contributed by atoms with Crippen LogP contribution in [0.5, 0.6) is 11.5 Å². The fourth-order valence-corrected chi connectivity index (χ4v) is 2.93. The van der Waals surface area contributed by atoms with Crippen LogP contribution in [0.3, 0.4) is 0 Å². The van der Waals surface area contributed by atoms with Crippen LogP contribution < -0.4 is 9.47 Å². The van der Waals surface area contributed by atoms with Crippen LogP contribution in [0.1, 0.15) is 40.3 Å². The molecule has 0 bridgehead atoms. The summed E-state index contributed by atoms with van der Waals surface area (Å²) in [7, 11) is 0. The Balaban J connectivity index is 1.66. The zero-order chi connectivity index (χ0) is 18.4. The summed E-state index contributed by atoms with van der Waals surface area (Å²) in [5, 5.41) is 0.826. The second-order valence-corrected chi connectivity index (χ2v) is 6.36. The van der Waals surface area contributed by atoms with Crippen molar-refractivity contribution in [2.45, 2.75) is 20.8 Å². The average Bonchev–Trinajstić information content (AvgIpc) is 3.19. The smallest absolute Gasteiger partial charge is 0.379 e. The molecule has 5 nitrogen and oxygen atoms in total. The molecule has 0 saturated carbocycles. The molecule has 0 aliphatic carbocycles. The van der Waals surface area contributed by atoms with Crippen LogP contribution in [-0.2, 0) is 0 Å². The summed E-state index contributed by atoms with van der Waals surface area (Å²) in [6.07, 6.45) is 0. The Hall–Kier alpha value is -3.34. The van der Waals surface area contributed by atoms with Gasteiger partial charge in [0.05, 0.1) is 5.56 Å². The summed E-state index contributed by atoms with van der Waals surface area (Å²) in [5.41, 5.74) is 2.48. The molecule has 0 radical (unpaired) electrons. The van der Waals surface area contributed by atoms with Crippen LogP contribution >= 0.6 is 0 Å². The van der Waals surface area contributed by atoms with Gasteiger partial charge in [0.15, 0.2) is 5.76 Å². The van der Waals surface area contributed by atoms with Crippen molar-refractivity contribution in [2.24, 2.45) is 0 Å². The standard InChI is InChI=1S/C21H16O5/c1-11(2)19-18(22)14-8-9-15(12(3)20(14)26-19)25-21(23)17-10-13-6-4-5-7-16(13)24-17/h4-10H,1-3H3. The van der Waals surface area contributed by atoms with E-state index < -0.39 is 5.97 Å². The van der Waals surface area contributed by atoms with E-state index in [-0.39, 0.29) is 11.5 Å². The molecule has 0 atom stereocenters. The Kier molecular flexibility index (Phi) is 3.65. The van der Waals surface area contributed by atoms with Gasteiger partial charge in [0, 0.05) is 10.9 Å². The molecule has 0 amide bonds. The van der Waals surface area contributed by atoms with Crippen molar-refractivity contribution >= 4 is 22.7 Å². The Morgan fingerprint density at radius 3 is 2.58 bits per heavy atom. The van der Waals surface area contributed by atoms with Crippen molar-refractivity contribution in [3.8, 4) is 11.5 Å². The number of ketones is 1. The molecule has 2 heterocycles. The van der Waals surface area contributed by atoms with Gasteiger partial charge >= 0.3 is 5.97 Å². The van der Waals surface area contributed by atoms with Crippen LogP contribution in [0.2, 0.25) is 0 Å². The Labute approximate surface area is 149 Å². The topological polar surface area (TPSA) is 65.7 Å². The number of fused-ring (bicyclic) bond motifs is 2. The number of hydrogen-bond donors (Lipinski definition) is 0. The molecular weight excluding hydrogens is 332 g/mol. The van der Waals surface area contributed by atoms with Crippen molar-refractivity contribution < 1.29 is 23.5 Å². The van der Waals surface area contributed by atoms with E-state index in [9.17, 15) is 9.59 Å². The third-order valence-electron chi connectivity index (χ3n) is 4.29. The van der Waals surface area contributed by atoms with E-state index in [2.05, 4.69) is 0 Å². The summed E-state index contributed by atoms with van der Waals surface area (Å²) < 4.78 is 16.7. The predicted octanol–water partition coefficient (Wildman–Crippen LogP) is 4.83. The fraction of sp³-hybridized carbons (Fsp3) is 0.143. The normalized spacial score (nSPS) is 12.9. The number of benzene rings is 2. The summed E-state index contributed by atoms with van der Waals surface area (Å²) >= 11 is 0. The second-order valence-electron chi connectivity index (χ2n) is 6.36. The van der Waals surface area contributed by atoms with Gasteiger partial charge in [-0.2, -0.15) is 0 Å². The molecule has 5 heteroatoms. The molecule has 2 aromatic carbocycles. The van der Waals surface area contributed by atoms with Crippen molar-refractivity contribution in [2.75, 3.05) is 0 Å². The third-order valence-corrected chi connectivity index (χ3v) is 4.29. The molecule has 1 aliphatic heterocycles. The number of ether oxygens (including phenoxy) is 2. The average molecular weight is 348 g/mol. The third kappa shape index (κ3) is 2.49. The van der Waals surface area contributed by atoms with Crippen molar-refractivity contribution in [1.29, 1.82) is 0 Å². The maximum Gasteiger partial charge on any atom is 0.379 e. The number of furan rings is 1. The van der Waals surface area contributed by atoms with Gasteiger partial charge in [-0.3, -0.25) is 4.79 Å². The lowest BCUT2D eigenvalue weighted by Crippen LogP contribution is -2.08. The number of para-hydroxylation sites is 1. The summed E-state index contributed by atoms with van der Waals surface area (Å²) in [6, 6.07) is 12.2. The fourth-order valence-electron chi connectivity index (χ4n) is 2.93. The molecule has 0 spiro atoms. The van der Waals surface area contributed by atoms with Gasteiger partial charge in [-0.25, -0.2) is 4.79 Å². The first-order valence-corrected chi connectivity index (χ1v) is 8.20. The molecule has 0 fully saturated rings. The monoisotopic (exact) mass is 348 g/mol. The minimum Gasteiger partial charge on any atom is -0.452 e. The first kappa shape index (κ1) is 16.1. The number of esters is 1. The minimum absolute atomic E-state index is 0.119. The van der Waals surface area contributed by atoms with Crippen molar-refractivity contribution in [3.05, 3.63) is 70.7 Å². The lowest BCUT2D eigenvalue weighted by molar-refractivity contribution is 0.0702. The molecule has 3 aromatic rings. The van der Waals surface area contributed by atoms with E-state index in [4.69, 9.17) is 13.9 Å². The first-order valence-electron chi connectivity index (χ1n) is 8.20. The number of hydrogen-bond acceptors (Lipinski definition) is 5. The molecule has 4 rings (SSSR count). The van der Waals surface area contributed by atoms with E-state index in [0.29, 0.717) is 34.0 Å². The SMILES string of the molecule is CC(C)=C1Oc2c(ccc(OC(=O)c3cc4ccccc4o3)c2C)C1=O. The largest absolute Gasteiger partial charge is 0.452 e. The Morgan fingerprint density at radius 2 is 1.85 bits per heavy atom. The number of rotatable bonds is 2. The van der Waals surface area contributed by atoms with Gasteiger partial charge in [0.1, 0.15) is 17.1 Å². The van der Waals surface area contributed by atoms with Gasteiger partial charge in [-0.05, 0) is 50.6 Å². The van der Waals surface area contributed by atoms with Gasteiger partial charge < -0.3 is 13.9 Å². The quantitative estimate of drug-likeness (QED) is 0.377. The lowest BCUT2D eigenvalue weighted by atomic mass is 10.1. The summed E-state index contributed by atoms with van der Waals surface area (Å²) in [4.78, 5) is 24.8. The number of Topliss-reactive ketones (excluding diaryl/α,β-unsaturated/α-hetero) is 1. The van der Waals surface area contributed by atoms with Gasteiger partial charge in [-0.1, -0.05) is 18.2 Å². The number of carbonyl (C=O) groups excluding carboxylic acids is 2. The van der Waals surface area contributed by atoms with Crippen molar-refractivity contribution in [1.82, 2.24) is 0 Å². The van der Waals surface area contributed by atoms with Crippen LogP contribution in [0.4, 0.5) is 0 Å². The molecule has 26 heavy (non-hydrogen) atoms. The number of allylic oxidation sites excluding steroid dienone is 2. The summed E-state index contributed by atoms with van der Waals surface area (Å²) in [6.45, 7) is 5.38. The first-order chi connectivity index (χ1) is 12.5. The van der Waals surface area contributed by atoms with Crippen LogP contribution in [0.25, 0.3) is 11.0 Å². The van der Waals surface area contributed by atoms with Crippen LogP contribution in [0.15, 0.2) is 58.2 Å². The number of carbonyl (C=O) groups is 2. The van der Waals surface area contributed by atoms with E-state index in [1.54, 1.807) is 31.2 Å². The second kappa shape index (κ2) is 5.88. The Bertz CT molecular complexity index is 1060. The molecule has 0 saturated heterocycles. The molecule has 1 aliphatic rings. The summed E-state index contributed by atoms with van der Waals surface area (Å²) in [5.74, 6) is 0.448. The van der Waals surface area contributed by atoms with E-state index in [1.165, 1.54) is 0 Å². The lowest BCUT2D eigenvalue weighted by Gasteiger charge is -2.09. The van der Waals surface area contributed by atoms with Crippen LogP contribution in [0, 0.1) is 6.92 Å². The van der Waals surface area contributed by atoms with Gasteiger partial charge in [0.25, 0.3) is 0 Å². The zero-order valence-electron chi connectivity index (χ0n) is 14.6. The predicted molar refractivity (Wildman–Crippen MR) is 95.7 cm³/mol. The minimum atomic E-state index is -0.601. The molecule has 0 N–H and O–H groups in total. The van der Waals surface area contributed by atoms with E-state index in [0.717, 1.165) is 11.0 Å².